The van der Waals surface area contributed by atoms with Crippen molar-refractivity contribution >= 4 is 40.9 Å². The number of carbonyl (C=O) groups excluding carboxylic acids is 4. The minimum absolute atomic E-state index is 0.0155. The zero-order valence-corrected chi connectivity index (χ0v) is 33.4. The van der Waals surface area contributed by atoms with Crippen LogP contribution in [0.3, 0.4) is 0 Å². The van der Waals surface area contributed by atoms with Crippen LogP contribution in [-0.4, -0.2) is 82.8 Å². The van der Waals surface area contributed by atoms with Crippen molar-refractivity contribution in [3.8, 4) is 16.9 Å². The smallest absolute Gasteiger partial charge is 0.416 e. The van der Waals surface area contributed by atoms with Crippen LogP contribution in [-0.2, 0) is 33.1 Å². The number of hydrogen-bond donors (Lipinski definition) is 2. The summed E-state index contributed by atoms with van der Waals surface area (Å²) < 4.78 is 28.0. The highest BCUT2D eigenvalue weighted by molar-refractivity contribution is 6.06. The van der Waals surface area contributed by atoms with Crippen LogP contribution in [0, 0.1) is 6.92 Å². The summed E-state index contributed by atoms with van der Waals surface area (Å²) in [6, 6.07) is 14.4. The number of aryl methyl sites for hydroxylation is 3. The van der Waals surface area contributed by atoms with E-state index in [1.54, 1.807) is 36.0 Å². The van der Waals surface area contributed by atoms with Crippen molar-refractivity contribution in [1.82, 2.24) is 14.0 Å². The van der Waals surface area contributed by atoms with Gasteiger partial charge in [-0.25, -0.2) is 9.69 Å². The molecule has 58 heavy (non-hydrogen) atoms. The first-order chi connectivity index (χ1) is 28.1. The number of carbonyl (C=O) groups is 4. The Kier molecular flexibility index (Phi) is 12.6. The van der Waals surface area contributed by atoms with Crippen LogP contribution in [0.25, 0.3) is 11.1 Å². The molecule has 4 aromatic rings. The maximum absolute atomic E-state index is 14.2. The van der Waals surface area contributed by atoms with Gasteiger partial charge in [-0.1, -0.05) is 24.8 Å². The highest BCUT2D eigenvalue weighted by Gasteiger charge is 2.46. The second-order valence-corrected chi connectivity index (χ2v) is 15.1. The van der Waals surface area contributed by atoms with Gasteiger partial charge >= 0.3 is 6.09 Å². The van der Waals surface area contributed by atoms with E-state index >= 15 is 0 Å². The molecular weight excluding hydrogens is 741 g/mol. The monoisotopic (exact) mass is 792 g/mol. The van der Waals surface area contributed by atoms with E-state index in [2.05, 4.69) is 17.2 Å². The van der Waals surface area contributed by atoms with Gasteiger partial charge in [0.2, 0.25) is 5.91 Å². The fourth-order valence-electron chi connectivity index (χ4n) is 7.81. The molecule has 3 atom stereocenters. The summed E-state index contributed by atoms with van der Waals surface area (Å²) in [5, 5.41) is 5.81. The number of ether oxygens (including phenoxy) is 4. The highest BCUT2D eigenvalue weighted by Crippen LogP contribution is 2.40. The fourth-order valence-corrected chi connectivity index (χ4v) is 7.81. The fraction of sp³-hybridized carbons (Fsp3) is 0.409. The van der Waals surface area contributed by atoms with Crippen molar-refractivity contribution in [2.45, 2.75) is 76.9 Å². The third-order valence-corrected chi connectivity index (χ3v) is 10.8. The third-order valence-electron chi connectivity index (χ3n) is 10.8. The number of benzene rings is 2. The molecule has 3 aliphatic heterocycles. The average Bonchev–Trinajstić information content (AvgIpc) is 3.81. The molecule has 2 aromatic carbocycles. The second-order valence-electron chi connectivity index (χ2n) is 15.1. The first-order valence-electron chi connectivity index (χ1n) is 20.0. The van der Waals surface area contributed by atoms with Crippen LogP contribution in [0.4, 0.5) is 21.9 Å². The molecule has 14 nitrogen and oxygen atoms in total. The molecule has 0 radical (unpaired) electrons. The Balaban J connectivity index is 0.995. The molecule has 0 saturated carbocycles. The lowest BCUT2D eigenvalue weighted by molar-refractivity contribution is -0.198. The van der Waals surface area contributed by atoms with Crippen LogP contribution in [0.2, 0.25) is 0 Å². The predicted octanol–water partition coefficient (Wildman–Crippen LogP) is 7.40. The quantitative estimate of drug-likeness (QED) is 0.105. The number of nitrogens with zero attached hydrogens (tertiary/aromatic N) is 4. The van der Waals surface area contributed by atoms with E-state index < -0.39 is 24.7 Å². The van der Waals surface area contributed by atoms with Gasteiger partial charge in [-0.2, -0.15) is 0 Å². The molecule has 5 heterocycles. The number of rotatable bonds is 13. The van der Waals surface area contributed by atoms with E-state index in [0.29, 0.717) is 72.0 Å². The number of hydrogen-bond acceptors (Lipinski definition) is 8. The lowest BCUT2D eigenvalue weighted by Crippen LogP contribution is -2.57. The summed E-state index contributed by atoms with van der Waals surface area (Å²) >= 11 is 0. The van der Waals surface area contributed by atoms with Crippen molar-refractivity contribution in [3.63, 3.8) is 0 Å². The summed E-state index contributed by atoms with van der Waals surface area (Å²) in [4.78, 5) is 57.5. The van der Waals surface area contributed by atoms with Crippen LogP contribution in [0.5, 0.6) is 5.75 Å². The van der Waals surface area contributed by atoms with E-state index in [1.807, 2.05) is 66.2 Å². The number of anilines is 3. The van der Waals surface area contributed by atoms with E-state index in [4.69, 9.17) is 18.9 Å². The van der Waals surface area contributed by atoms with E-state index in [9.17, 15) is 19.2 Å². The Bertz CT molecular complexity index is 2130. The average molecular weight is 793 g/mol. The third kappa shape index (κ3) is 9.13. The largest absolute Gasteiger partial charge is 0.493 e. The van der Waals surface area contributed by atoms with Crippen LogP contribution in [0.1, 0.15) is 77.8 Å². The molecular formula is C44H52N6O8. The SMILES string of the molecule is C=CCOC(=O)N1c2cc(OCCCC(=O)Nc3cc(C(=O)Nc4ccc(-c5ccn(C)c5)cc4)n(C)c3)c(C)cc2C(=O)N2CCCC[C@H]2C1OC1CCCCO1. The van der Waals surface area contributed by atoms with Gasteiger partial charge in [0, 0.05) is 64.0 Å². The van der Waals surface area contributed by atoms with Crippen molar-refractivity contribution in [3.05, 3.63) is 96.6 Å². The Hall–Kier alpha value is -5.86. The maximum Gasteiger partial charge on any atom is 0.416 e. The normalized spacial score (nSPS) is 19.1. The molecule has 2 unspecified atom stereocenters. The Morgan fingerprint density at radius 2 is 1.76 bits per heavy atom. The summed E-state index contributed by atoms with van der Waals surface area (Å²) in [7, 11) is 3.72. The zero-order chi connectivity index (χ0) is 40.8. The molecule has 4 amide bonds. The lowest BCUT2D eigenvalue weighted by atomic mass is 10.00. The second kappa shape index (κ2) is 18.2. The molecule has 3 aliphatic rings. The molecule has 0 aliphatic carbocycles. The Labute approximate surface area is 338 Å². The summed E-state index contributed by atoms with van der Waals surface area (Å²) in [6.07, 6.45) is 10.7. The molecule has 14 heteroatoms. The van der Waals surface area contributed by atoms with Crippen molar-refractivity contribution in [2.75, 3.05) is 41.9 Å². The lowest BCUT2D eigenvalue weighted by Gasteiger charge is -2.42. The van der Waals surface area contributed by atoms with E-state index in [-0.39, 0.29) is 37.4 Å². The van der Waals surface area contributed by atoms with Crippen LogP contribution in [0.15, 0.2) is 79.8 Å². The molecule has 7 rings (SSSR count). The Morgan fingerprint density at radius 1 is 0.948 bits per heavy atom. The summed E-state index contributed by atoms with van der Waals surface area (Å²) in [5.41, 5.74) is 5.09. The minimum atomic E-state index is -0.846. The molecule has 2 fully saturated rings. The summed E-state index contributed by atoms with van der Waals surface area (Å²) in [5.74, 6) is -0.248. The van der Waals surface area contributed by atoms with Crippen LogP contribution >= 0.6 is 0 Å². The molecule has 2 saturated heterocycles. The van der Waals surface area contributed by atoms with Gasteiger partial charge in [-0.05, 0) is 98.9 Å². The standard InChI is InChI=1S/C44H52N6O8/c1-5-21-57-44(54)50-36-26-38(29(2)24-34(36)42(53)49-19-8-6-11-35(49)43(50)58-40-13-7-9-22-56-40)55-23-10-12-39(51)45-33-25-37(48(4)28-33)41(52)46-32-16-14-30(15-17-32)31-18-20-47(3)27-31/h5,14-18,20,24-28,35,40,43H,1,6-13,19,21-23H2,2-4H3,(H,45,51)(H,46,52)/t35-,40?,43?/m0/s1. The van der Waals surface area contributed by atoms with Gasteiger partial charge < -0.3 is 43.6 Å². The first-order valence-corrected chi connectivity index (χ1v) is 20.0. The van der Waals surface area contributed by atoms with Gasteiger partial charge in [0.25, 0.3) is 11.8 Å². The zero-order valence-electron chi connectivity index (χ0n) is 33.4. The van der Waals surface area contributed by atoms with Gasteiger partial charge in [-0.15, -0.1) is 0 Å². The predicted molar refractivity (Wildman–Crippen MR) is 220 cm³/mol. The van der Waals surface area contributed by atoms with Crippen LogP contribution < -0.4 is 20.3 Å². The number of aromatic nitrogens is 2. The number of amides is 4. The van der Waals surface area contributed by atoms with Crippen molar-refractivity contribution in [1.29, 1.82) is 0 Å². The van der Waals surface area contributed by atoms with Crippen molar-refractivity contribution < 1.29 is 38.1 Å². The highest BCUT2D eigenvalue weighted by atomic mass is 16.7. The van der Waals surface area contributed by atoms with E-state index in [0.717, 1.165) is 36.8 Å². The molecule has 2 N–H and O–H groups in total. The van der Waals surface area contributed by atoms with Gasteiger partial charge in [-0.3, -0.25) is 14.4 Å². The molecule has 0 bridgehead atoms. The number of piperidine rings is 1. The van der Waals surface area contributed by atoms with Gasteiger partial charge in [0.1, 0.15) is 18.1 Å². The van der Waals surface area contributed by atoms with Crippen molar-refractivity contribution in [2.24, 2.45) is 14.1 Å². The number of fused-ring (bicyclic) bond motifs is 2. The topological polar surface area (TPSA) is 146 Å². The maximum atomic E-state index is 14.2. The van der Waals surface area contributed by atoms with Gasteiger partial charge in [0.15, 0.2) is 12.5 Å². The first kappa shape index (κ1) is 40.3. The van der Waals surface area contributed by atoms with E-state index in [1.165, 1.54) is 11.0 Å². The molecule has 0 spiro atoms. The molecule has 2 aromatic heterocycles. The summed E-state index contributed by atoms with van der Waals surface area (Å²) in [6.45, 7) is 6.83. The minimum Gasteiger partial charge on any atom is -0.493 e. The number of nitrogens with one attached hydrogen (secondary N) is 2. The Morgan fingerprint density at radius 3 is 2.50 bits per heavy atom. The van der Waals surface area contributed by atoms with Gasteiger partial charge in [0.05, 0.1) is 29.6 Å². The molecule has 306 valence electrons.